The normalized spacial score (nSPS) is 15.6. The lowest BCUT2D eigenvalue weighted by atomic mass is 10.2. The summed E-state index contributed by atoms with van der Waals surface area (Å²) in [6.07, 6.45) is 4.02. The quantitative estimate of drug-likeness (QED) is 0.347. The van der Waals surface area contributed by atoms with E-state index in [9.17, 15) is 9.59 Å². The number of aromatic nitrogens is 2. The number of carbonyl (C=O) groups is 1. The van der Waals surface area contributed by atoms with Gasteiger partial charge in [-0.1, -0.05) is 43.9 Å². The zero-order valence-corrected chi connectivity index (χ0v) is 19.9. The Balaban J connectivity index is 1.99. The van der Waals surface area contributed by atoms with E-state index in [0.29, 0.717) is 64.9 Å². The summed E-state index contributed by atoms with van der Waals surface area (Å²) in [5.74, 6) is 0.665. The Bertz CT molecular complexity index is 1080. The fourth-order valence-electron chi connectivity index (χ4n) is 3.17. The highest BCUT2D eigenvalue weighted by molar-refractivity contribution is 8.26. The molecular formula is C22H28N4O3S2. The van der Waals surface area contributed by atoms with E-state index in [-0.39, 0.29) is 11.5 Å². The maximum absolute atomic E-state index is 13.3. The van der Waals surface area contributed by atoms with Crippen LogP contribution in [0.25, 0.3) is 11.7 Å². The molecule has 0 saturated carbocycles. The van der Waals surface area contributed by atoms with Crippen molar-refractivity contribution in [3.05, 3.63) is 44.7 Å². The summed E-state index contributed by atoms with van der Waals surface area (Å²) >= 11 is 6.62. The summed E-state index contributed by atoms with van der Waals surface area (Å²) in [4.78, 5) is 33.0. The molecule has 0 aliphatic carbocycles. The highest BCUT2D eigenvalue weighted by Gasteiger charge is 2.32. The van der Waals surface area contributed by atoms with E-state index in [0.717, 1.165) is 5.56 Å². The minimum absolute atomic E-state index is 0.185. The van der Waals surface area contributed by atoms with Crippen LogP contribution in [0.2, 0.25) is 0 Å². The van der Waals surface area contributed by atoms with Crippen LogP contribution in [-0.4, -0.2) is 50.8 Å². The predicted octanol–water partition coefficient (Wildman–Crippen LogP) is 3.70. The number of rotatable bonds is 9. The number of nitrogens with one attached hydrogen (secondary N) is 1. The fraction of sp³-hybridized carbons (Fsp3) is 0.455. The minimum atomic E-state index is -0.221. The summed E-state index contributed by atoms with van der Waals surface area (Å²) in [7, 11) is 0. The molecule has 31 heavy (non-hydrogen) atoms. The first kappa shape index (κ1) is 23.4. The second-order valence-electron chi connectivity index (χ2n) is 7.72. The third kappa shape index (κ3) is 5.34. The van der Waals surface area contributed by atoms with E-state index >= 15 is 0 Å². The molecule has 0 radical (unpaired) electrons. The molecule has 166 valence electrons. The van der Waals surface area contributed by atoms with E-state index in [2.05, 4.69) is 19.2 Å². The van der Waals surface area contributed by atoms with Gasteiger partial charge in [-0.25, -0.2) is 4.98 Å². The molecule has 2 aromatic rings. The van der Waals surface area contributed by atoms with Crippen LogP contribution in [0.15, 0.2) is 28.0 Å². The van der Waals surface area contributed by atoms with Crippen molar-refractivity contribution in [1.82, 2.24) is 14.3 Å². The van der Waals surface area contributed by atoms with Crippen molar-refractivity contribution >= 4 is 51.7 Å². The summed E-state index contributed by atoms with van der Waals surface area (Å²) in [6.45, 7) is 10.4. The van der Waals surface area contributed by atoms with Crippen LogP contribution in [0, 0.1) is 12.8 Å². The van der Waals surface area contributed by atoms with Gasteiger partial charge in [-0.05, 0) is 43.9 Å². The van der Waals surface area contributed by atoms with Crippen LogP contribution in [-0.2, 0) is 9.53 Å². The summed E-state index contributed by atoms with van der Waals surface area (Å²) in [5, 5.41) is 3.28. The lowest BCUT2D eigenvalue weighted by molar-refractivity contribution is -0.122. The zero-order valence-electron chi connectivity index (χ0n) is 18.3. The Hall–Kier alpha value is -2.23. The molecule has 1 saturated heterocycles. The Morgan fingerprint density at radius 2 is 2.13 bits per heavy atom. The second-order valence-corrected chi connectivity index (χ2v) is 9.40. The van der Waals surface area contributed by atoms with Gasteiger partial charge in [0.05, 0.1) is 10.5 Å². The number of ether oxygens (including phenoxy) is 1. The third-order valence-corrected chi connectivity index (χ3v) is 6.16. The highest BCUT2D eigenvalue weighted by atomic mass is 32.2. The average molecular weight is 461 g/mol. The number of carbonyl (C=O) groups excluding carboxylic acids is 1. The topological polar surface area (TPSA) is 75.9 Å². The number of thioether (sulfide) groups is 1. The molecule has 1 fully saturated rings. The van der Waals surface area contributed by atoms with Gasteiger partial charge in [0.2, 0.25) is 0 Å². The molecule has 1 aliphatic rings. The molecule has 3 heterocycles. The number of pyridine rings is 1. The van der Waals surface area contributed by atoms with Crippen molar-refractivity contribution in [3.63, 3.8) is 0 Å². The fourth-order valence-corrected chi connectivity index (χ4v) is 4.46. The number of fused-ring (bicyclic) bond motifs is 1. The minimum Gasteiger partial charge on any atom is -0.382 e. The number of nitrogens with zero attached hydrogens (tertiary/aromatic N) is 3. The molecular weight excluding hydrogens is 432 g/mol. The smallest absolute Gasteiger partial charge is 0.267 e. The Kier molecular flexibility index (Phi) is 7.85. The maximum atomic E-state index is 13.3. The van der Waals surface area contributed by atoms with Crippen LogP contribution < -0.4 is 10.9 Å². The highest BCUT2D eigenvalue weighted by Crippen LogP contribution is 2.33. The molecule has 1 N–H and O–H groups in total. The van der Waals surface area contributed by atoms with Crippen molar-refractivity contribution in [2.24, 2.45) is 5.92 Å². The zero-order chi connectivity index (χ0) is 22.5. The molecule has 9 heteroatoms. The van der Waals surface area contributed by atoms with Crippen molar-refractivity contribution in [1.29, 1.82) is 0 Å². The predicted molar refractivity (Wildman–Crippen MR) is 131 cm³/mol. The van der Waals surface area contributed by atoms with Crippen LogP contribution in [0.3, 0.4) is 0 Å². The number of thiocarbonyl (C=S) groups is 1. The SMILES string of the molecule is CCOCCCN1C(=O)/C(=C\c2c(NCC(C)C)nc3c(C)cccn3c2=O)SC1=S. The molecule has 0 bridgehead atoms. The Morgan fingerprint density at radius 3 is 2.84 bits per heavy atom. The van der Waals surface area contributed by atoms with Crippen molar-refractivity contribution in [3.8, 4) is 0 Å². The average Bonchev–Trinajstić information content (AvgIpc) is 2.99. The number of anilines is 1. The number of hydrogen-bond donors (Lipinski definition) is 1. The molecule has 7 nitrogen and oxygen atoms in total. The number of aryl methyl sites for hydroxylation is 1. The summed E-state index contributed by atoms with van der Waals surface area (Å²) < 4.78 is 7.36. The Labute approximate surface area is 191 Å². The van der Waals surface area contributed by atoms with Crippen LogP contribution in [0.1, 0.15) is 38.3 Å². The summed E-state index contributed by atoms with van der Waals surface area (Å²) in [6, 6.07) is 3.73. The molecule has 1 aliphatic heterocycles. The second kappa shape index (κ2) is 10.4. The van der Waals surface area contributed by atoms with Crippen LogP contribution in [0.4, 0.5) is 5.82 Å². The number of hydrogen-bond acceptors (Lipinski definition) is 7. The van der Waals surface area contributed by atoms with E-state index in [1.165, 1.54) is 16.2 Å². The molecule has 3 rings (SSSR count). The van der Waals surface area contributed by atoms with Gasteiger partial charge in [0.1, 0.15) is 15.8 Å². The van der Waals surface area contributed by atoms with Crippen molar-refractivity contribution in [2.45, 2.75) is 34.1 Å². The van der Waals surface area contributed by atoms with Crippen LogP contribution in [0.5, 0.6) is 0 Å². The van der Waals surface area contributed by atoms with Gasteiger partial charge >= 0.3 is 0 Å². The first-order valence-corrected chi connectivity index (χ1v) is 11.6. The lowest BCUT2D eigenvalue weighted by Gasteiger charge is -2.14. The standard InChI is InChI=1S/C22H28N4O3S2/c1-5-29-11-7-10-26-21(28)17(31-22(26)30)12-16-18(23-13-14(2)3)24-19-15(4)8-6-9-25(19)20(16)27/h6,8-9,12,14,23H,5,7,10-11,13H2,1-4H3/b17-12+. The van der Waals surface area contributed by atoms with Gasteiger partial charge in [0.25, 0.3) is 11.5 Å². The first-order chi connectivity index (χ1) is 14.8. The number of amides is 1. The molecule has 0 atom stereocenters. The first-order valence-electron chi connectivity index (χ1n) is 10.4. The molecule has 0 aromatic carbocycles. The van der Waals surface area contributed by atoms with E-state index < -0.39 is 0 Å². The molecule has 1 amide bonds. The van der Waals surface area contributed by atoms with Crippen LogP contribution >= 0.6 is 24.0 Å². The van der Waals surface area contributed by atoms with E-state index in [4.69, 9.17) is 21.9 Å². The maximum Gasteiger partial charge on any atom is 0.267 e. The third-order valence-electron chi connectivity index (χ3n) is 4.79. The molecule has 0 unspecified atom stereocenters. The van der Waals surface area contributed by atoms with Gasteiger partial charge in [-0.3, -0.25) is 18.9 Å². The van der Waals surface area contributed by atoms with Gasteiger partial charge in [-0.2, -0.15) is 0 Å². The van der Waals surface area contributed by atoms with Gasteiger partial charge < -0.3 is 10.1 Å². The van der Waals surface area contributed by atoms with Crippen molar-refractivity contribution < 1.29 is 9.53 Å². The van der Waals surface area contributed by atoms with Crippen molar-refractivity contribution in [2.75, 3.05) is 31.6 Å². The van der Waals surface area contributed by atoms with Gasteiger partial charge in [0, 0.05) is 32.5 Å². The monoisotopic (exact) mass is 460 g/mol. The van der Waals surface area contributed by atoms with E-state index in [1.807, 2.05) is 26.0 Å². The molecule has 2 aromatic heterocycles. The van der Waals surface area contributed by atoms with Gasteiger partial charge in [-0.15, -0.1) is 0 Å². The lowest BCUT2D eigenvalue weighted by Crippen LogP contribution is -2.29. The summed E-state index contributed by atoms with van der Waals surface area (Å²) in [5.41, 5.74) is 1.64. The molecule has 0 spiro atoms. The Morgan fingerprint density at radius 1 is 1.35 bits per heavy atom. The largest absolute Gasteiger partial charge is 0.382 e. The van der Waals surface area contributed by atoms with E-state index in [1.54, 1.807) is 17.2 Å². The van der Waals surface area contributed by atoms with Gasteiger partial charge in [0.15, 0.2) is 0 Å².